The summed E-state index contributed by atoms with van der Waals surface area (Å²) in [5.74, 6) is 0.725. The molecule has 2 rings (SSSR count). The average Bonchev–Trinajstić information content (AvgIpc) is 2.65. The van der Waals surface area contributed by atoms with Crippen molar-refractivity contribution in [2.24, 2.45) is 0 Å². The molecule has 0 bridgehead atoms. The SMILES string of the molecule is COc1cc(C(=O)N(C)C(C)c2ccc(F)cc2)cc(OC)c1OC. The second-order valence-electron chi connectivity index (χ2n) is 5.56. The van der Waals surface area contributed by atoms with E-state index in [0.29, 0.717) is 22.8 Å². The minimum Gasteiger partial charge on any atom is -0.493 e. The highest BCUT2D eigenvalue weighted by Crippen LogP contribution is 2.38. The largest absolute Gasteiger partial charge is 0.493 e. The highest BCUT2D eigenvalue weighted by molar-refractivity contribution is 5.95. The van der Waals surface area contributed by atoms with Gasteiger partial charge in [0.1, 0.15) is 5.82 Å². The quantitative estimate of drug-likeness (QED) is 0.800. The summed E-state index contributed by atoms with van der Waals surface area (Å²) in [7, 11) is 6.19. The zero-order chi connectivity index (χ0) is 18.6. The van der Waals surface area contributed by atoms with E-state index in [9.17, 15) is 9.18 Å². The molecule has 0 fully saturated rings. The Balaban J connectivity index is 2.34. The van der Waals surface area contributed by atoms with Gasteiger partial charge in [-0.3, -0.25) is 4.79 Å². The lowest BCUT2D eigenvalue weighted by molar-refractivity contribution is 0.0741. The van der Waals surface area contributed by atoms with Crippen LogP contribution in [-0.2, 0) is 0 Å². The van der Waals surface area contributed by atoms with Crippen LogP contribution in [0.3, 0.4) is 0 Å². The third-order valence-electron chi connectivity index (χ3n) is 4.17. The van der Waals surface area contributed by atoms with E-state index in [-0.39, 0.29) is 17.8 Å². The zero-order valence-corrected chi connectivity index (χ0v) is 15.0. The summed E-state index contributed by atoms with van der Waals surface area (Å²) in [5, 5.41) is 0. The van der Waals surface area contributed by atoms with Crippen LogP contribution in [0.25, 0.3) is 0 Å². The first kappa shape index (κ1) is 18.6. The lowest BCUT2D eigenvalue weighted by Crippen LogP contribution is -2.29. The van der Waals surface area contributed by atoms with Crippen molar-refractivity contribution in [3.05, 3.63) is 53.3 Å². The lowest BCUT2D eigenvalue weighted by Gasteiger charge is -2.26. The van der Waals surface area contributed by atoms with Crippen molar-refractivity contribution in [3.8, 4) is 17.2 Å². The number of ether oxygens (including phenoxy) is 3. The van der Waals surface area contributed by atoms with E-state index in [0.717, 1.165) is 5.56 Å². The number of rotatable bonds is 6. The van der Waals surface area contributed by atoms with Crippen LogP contribution in [0.5, 0.6) is 17.2 Å². The molecule has 0 saturated carbocycles. The van der Waals surface area contributed by atoms with E-state index in [1.165, 1.54) is 33.5 Å². The van der Waals surface area contributed by atoms with Gasteiger partial charge in [0, 0.05) is 12.6 Å². The maximum Gasteiger partial charge on any atom is 0.254 e. The first-order valence-corrected chi connectivity index (χ1v) is 7.75. The maximum absolute atomic E-state index is 13.1. The Bertz CT molecular complexity index is 721. The molecule has 0 saturated heterocycles. The molecule has 1 unspecified atom stereocenters. The van der Waals surface area contributed by atoms with Crippen LogP contribution in [-0.4, -0.2) is 39.2 Å². The minimum absolute atomic E-state index is 0.212. The number of nitrogens with zero attached hydrogens (tertiary/aromatic N) is 1. The molecular formula is C19H22FNO4. The van der Waals surface area contributed by atoms with E-state index in [4.69, 9.17) is 14.2 Å². The lowest BCUT2D eigenvalue weighted by atomic mass is 10.1. The number of benzene rings is 2. The Morgan fingerprint density at radius 1 is 1.00 bits per heavy atom. The molecule has 0 aliphatic heterocycles. The standard InChI is InChI=1S/C19H22FNO4/c1-12(13-6-8-15(20)9-7-13)21(2)19(22)14-10-16(23-3)18(25-5)17(11-14)24-4/h6-12H,1-5H3. The molecule has 1 atom stereocenters. The number of amides is 1. The van der Waals surface area contributed by atoms with E-state index < -0.39 is 0 Å². The molecule has 0 spiro atoms. The van der Waals surface area contributed by atoms with E-state index >= 15 is 0 Å². The van der Waals surface area contributed by atoms with Gasteiger partial charge in [0.25, 0.3) is 5.91 Å². The highest BCUT2D eigenvalue weighted by atomic mass is 19.1. The van der Waals surface area contributed by atoms with Gasteiger partial charge in [-0.25, -0.2) is 4.39 Å². The second-order valence-corrected chi connectivity index (χ2v) is 5.56. The van der Waals surface area contributed by atoms with Gasteiger partial charge in [-0.1, -0.05) is 12.1 Å². The van der Waals surface area contributed by atoms with E-state index in [1.807, 2.05) is 6.92 Å². The van der Waals surface area contributed by atoms with Crippen LogP contribution in [0, 0.1) is 5.82 Å². The molecule has 25 heavy (non-hydrogen) atoms. The van der Waals surface area contributed by atoms with E-state index in [2.05, 4.69) is 0 Å². The van der Waals surface area contributed by atoms with Gasteiger partial charge in [-0.05, 0) is 36.8 Å². The van der Waals surface area contributed by atoms with Crippen LogP contribution in [0.15, 0.2) is 36.4 Å². The van der Waals surface area contributed by atoms with Crippen LogP contribution >= 0.6 is 0 Å². The number of carbonyl (C=O) groups is 1. The van der Waals surface area contributed by atoms with Gasteiger partial charge < -0.3 is 19.1 Å². The van der Waals surface area contributed by atoms with E-state index in [1.54, 1.807) is 36.2 Å². The summed E-state index contributed by atoms with van der Waals surface area (Å²) in [6.45, 7) is 1.88. The summed E-state index contributed by atoms with van der Waals surface area (Å²) in [5.41, 5.74) is 1.25. The highest BCUT2D eigenvalue weighted by Gasteiger charge is 2.22. The molecule has 0 N–H and O–H groups in total. The summed E-state index contributed by atoms with van der Waals surface area (Å²) in [6, 6.07) is 9.08. The van der Waals surface area contributed by atoms with Crippen molar-refractivity contribution in [3.63, 3.8) is 0 Å². The van der Waals surface area contributed by atoms with Gasteiger partial charge in [-0.15, -0.1) is 0 Å². The average molecular weight is 347 g/mol. The molecule has 6 heteroatoms. The topological polar surface area (TPSA) is 48.0 Å². The minimum atomic E-state index is -0.311. The van der Waals surface area contributed by atoms with Crippen LogP contribution < -0.4 is 14.2 Å². The van der Waals surface area contributed by atoms with Gasteiger partial charge in [0.05, 0.1) is 27.4 Å². The molecule has 2 aromatic carbocycles. The van der Waals surface area contributed by atoms with Crippen molar-refractivity contribution in [2.75, 3.05) is 28.4 Å². The molecule has 0 aromatic heterocycles. The predicted octanol–water partition coefficient (Wildman–Crippen LogP) is 3.68. The molecule has 5 nitrogen and oxygen atoms in total. The van der Waals surface area contributed by atoms with Crippen molar-refractivity contribution >= 4 is 5.91 Å². The van der Waals surface area contributed by atoms with Gasteiger partial charge in [0.15, 0.2) is 11.5 Å². The molecule has 0 radical (unpaired) electrons. The monoisotopic (exact) mass is 347 g/mol. The number of carbonyl (C=O) groups excluding carboxylic acids is 1. The molecule has 134 valence electrons. The Morgan fingerprint density at radius 3 is 1.96 bits per heavy atom. The fourth-order valence-electron chi connectivity index (χ4n) is 2.55. The fourth-order valence-corrected chi connectivity index (χ4v) is 2.55. The zero-order valence-electron chi connectivity index (χ0n) is 15.0. The Kier molecular flexibility index (Phi) is 5.85. The number of hydrogen-bond acceptors (Lipinski definition) is 4. The molecule has 0 aliphatic rings. The molecular weight excluding hydrogens is 325 g/mol. The third-order valence-corrected chi connectivity index (χ3v) is 4.17. The molecule has 1 amide bonds. The normalized spacial score (nSPS) is 11.6. The van der Waals surface area contributed by atoms with Crippen molar-refractivity contribution in [2.45, 2.75) is 13.0 Å². The Labute approximate surface area is 146 Å². The summed E-state index contributed by atoms with van der Waals surface area (Å²) in [4.78, 5) is 14.4. The van der Waals surface area contributed by atoms with Crippen LogP contribution in [0.4, 0.5) is 4.39 Å². The Morgan fingerprint density at radius 2 is 1.52 bits per heavy atom. The summed E-state index contributed by atoms with van der Waals surface area (Å²) < 4.78 is 28.9. The van der Waals surface area contributed by atoms with Gasteiger partial charge in [0.2, 0.25) is 5.75 Å². The fraction of sp³-hybridized carbons (Fsp3) is 0.316. The molecule has 0 aliphatic carbocycles. The first-order chi connectivity index (χ1) is 11.9. The van der Waals surface area contributed by atoms with Crippen LogP contribution in [0.2, 0.25) is 0 Å². The number of halogens is 1. The number of hydrogen-bond donors (Lipinski definition) is 0. The smallest absolute Gasteiger partial charge is 0.254 e. The maximum atomic E-state index is 13.1. The predicted molar refractivity (Wildman–Crippen MR) is 93.0 cm³/mol. The van der Waals surface area contributed by atoms with Gasteiger partial charge in [-0.2, -0.15) is 0 Å². The molecule has 0 heterocycles. The summed E-state index contributed by atoms with van der Waals surface area (Å²) in [6.07, 6.45) is 0. The second kappa shape index (κ2) is 7.88. The summed E-state index contributed by atoms with van der Waals surface area (Å²) >= 11 is 0. The number of methoxy groups -OCH3 is 3. The Hall–Kier alpha value is -2.76. The van der Waals surface area contributed by atoms with Crippen molar-refractivity contribution < 1.29 is 23.4 Å². The van der Waals surface area contributed by atoms with Crippen molar-refractivity contribution in [1.29, 1.82) is 0 Å². The van der Waals surface area contributed by atoms with Gasteiger partial charge >= 0.3 is 0 Å². The third kappa shape index (κ3) is 3.84. The molecule has 2 aromatic rings. The van der Waals surface area contributed by atoms with Crippen molar-refractivity contribution in [1.82, 2.24) is 4.90 Å². The first-order valence-electron chi connectivity index (χ1n) is 7.75. The van der Waals surface area contributed by atoms with Crippen LogP contribution in [0.1, 0.15) is 28.9 Å².